The van der Waals surface area contributed by atoms with E-state index in [9.17, 15) is 19.1 Å². The molecule has 0 saturated carbocycles. The van der Waals surface area contributed by atoms with Crippen LogP contribution in [0.4, 0.5) is 4.39 Å². The van der Waals surface area contributed by atoms with Crippen LogP contribution in [0, 0.1) is 5.82 Å². The maximum atomic E-state index is 13.5. The number of aromatic hydroxyl groups is 1. The number of hydrogen-bond donors (Lipinski definition) is 1. The summed E-state index contributed by atoms with van der Waals surface area (Å²) in [5.74, 6) is 1.02. The Balaban J connectivity index is 0.828. The third-order valence-corrected chi connectivity index (χ3v) is 7.95. The zero-order valence-corrected chi connectivity index (χ0v) is 27.7. The topological polar surface area (TPSA) is 126 Å². The smallest absolute Gasteiger partial charge is 0.193 e. The van der Waals surface area contributed by atoms with Gasteiger partial charge in [0.1, 0.15) is 41.0 Å². The molecule has 2 heterocycles. The molecule has 0 radical (unpaired) electrons. The number of ketones is 1. The number of phenols is 1. The number of carbonyl (C=O) groups is 1. The van der Waals surface area contributed by atoms with E-state index in [4.69, 9.17) is 18.6 Å². The summed E-state index contributed by atoms with van der Waals surface area (Å²) < 4.78 is 38.4. The third-order valence-electron chi connectivity index (χ3n) is 7.95. The van der Waals surface area contributed by atoms with Crippen LogP contribution in [0.25, 0.3) is 28.4 Å². The molecule has 0 atom stereocenters. The molecule has 0 aliphatic rings. The second kappa shape index (κ2) is 17.0. The van der Waals surface area contributed by atoms with Gasteiger partial charge in [0.25, 0.3) is 0 Å². The largest absolute Gasteiger partial charge is 0.507 e. The molecule has 0 aliphatic carbocycles. The van der Waals surface area contributed by atoms with Gasteiger partial charge in [-0.25, -0.2) is 9.07 Å². The molecule has 4 aromatic carbocycles. The standard InChI is InChI=1S/C40H36FN3O7/c41-30-13-19-39-35(25-30)38(47)26-40(51-39)29-11-16-33(17-12-29)50-24-23-48-22-20-44-27-31(42-43-44)5-3-4-21-49-32-14-8-28(9-15-32)10-18-37(46)34-6-1-2-7-36(34)45/h1-2,6-19,25-27,45H,3-5,20-24H2/b18-10+. The van der Waals surface area contributed by atoms with Gasteiger partial charge in [0.05, 0.1) is 43.0 Å². The number of para-hydroxylation sites is 1. The van der Waals surface area contributed by atoms with Gasteiger partial charge in [-0.1, -0.05) is 35.6 Å². The van der Waals surface area contributed by atoms with E-state index in [2.05, 4.69) is 10.3 Å². The quantitative estimate of drug-likeness (QED) is 0.0597. The van der Waals surface area contributed by atoms with Crippen LogP contribution in [0.2, 0.25) is 0 Å². The molecule has 0 spiro atoms. The summed E-state index contributed by atoms with van der Waals surface area (Å²) in [7, 11) is 0. The number of allylic oxidation sites excluding steroid dienone is 1. The lowest BCUT2D eigenvalue weighted by Crippen LogP contribution is -2.11. The molecule has 10 nitrogen and oxygen atoms in total. The molecule has 0 saturated heterocycles. The monoisotopic (exact) mass is 689 g/mol. The lowest BCUT2D eigenvalue weighted by molar-refractivity contribution is 0.0923. The number of ether oxygens (including phenoxy) is 3. The first-order valence-electron chi connectivity index (χ1n) is 16.6. The molecule has 1 N–H and O–H groups in total. The van der Waals surface area contributed by atoms with Gasteiger partial charge >= 0.3 is 0 Å². The number of halogens is 1. The fourth-order valence-corrected chi connectivity index (χ4v) is 5.24. The molecule has 0 bridgehead atoms. The predicted molar refractivity (Wildman–Crippen MR) is 191 cm³/mol. The molecule has 0 aliphatic heterocycles. The van der Waals surface area contributed by atoms with E-state index in [1.54, 1.807) is 53.2 Å². The molecule has 6 rings (SSSR count). The molecule has 0 unspecified atom stereocenters. The predicted octanol–water partition coefficient (Wildman–Crippen LogP) is 7.29. The number of hydrogen-bond acceptors (Lipinski definition) is 9. The van der Waals surface area contributed by atoms with Crippen molar-refractivity contribution < 1.29 is 32.9 Å². The van der Waals surface area contributed by atoms with E-state index < -0.39 is 5.82 Å². The van der Waals surface area contributed by atoms with Crippen LogP contribution in [0.3, 0.4) is 0 Å². The minimum atomic E-state index is -0.484. The van der Waals surface area contributed by atoms with Crippen LogP contribution in [0.5, 0.6) is 17.2 Å². The van der Waals surface area contributed by atoms with Gasteiger partial charge in [0.15, 0.2) is 11.2 Å². The number of rotatable bonds is 17. The first-order chi connectivity index (χ1) is 24.9. The number of unbranched alkanes of at least 4 members (excludes halogenated alkanes) is 1. The number of benzene rings is 4. The van der Waals surface area contributed by atoms with Crippen molar-refractivity contribution in [1.29, 1.82) is 0 Å². The molecule has 11 heteroatoms. The minimum Gasteiger partial charge on any atom is -0.507 e. The van der Waals surface area contributed by atoms with Crippen molar-refractivity contribution in [3.63, 3.8) is 0 Å². The second-order valence-corrected chi connectivity index (χ2v) is 11.7. The minimum absolute atomic E-state index is 0.0357. The number of aromatic nitrogens is 3. The summed E-state index contributed by atoms with van der Waals surface area (Å²) in [5, 5.41) is 18.5. The maximum Gasteiger partial charge on any atom is 0.193 e. The van der Waals surface area contributed by atoms with E-state index in [-0.39, 0.29) is 27.9 Å². The van der Waals surface area contributed by atoms with Crippen molar-refractivity contribution in [2.24, 2.45) is 0 Å². The van der Waals surface area contributed by atoms with Crippen LogP contribution in [0.1, 0.15) is 34.5 Å². The van der Waals surface area contributed by atoms with Crippen molar-refractivity contribution in [2.45, 2.75) is 25.8 Å². The average molecular weight is 690 g/mol. The van der Waals surface area contributed by atoms with Crippen LogP contribution in [-0.4, -0.2) is 52.3 Å². The molecular formula is C40H36FN3O7. The van der Waals surface area contributed by atoms with Crippen LogP contribution >= 0.6 is 0 Å². The molecular weight excluding hydrogens is 653 g/mol. The summed E-state index contributed by atoms with van der Waals surface area (Å²) in [6.45, 7) is 2.37. The molecule has 260 valence electrons. The Morgan fingerprint density at radius 2 is 1.63 bits per heavy atom. The molecule has 51 heavy (non-hydrogen) atoms. The van der Waals surface area contributed by atoms with Gasteiger partial charge in [0.2, 0.25) is 0 Å². The summed E-state index contributed by atoms with van der Waals surface area (Å²) in [4.78, 5) is 24.7. The molecule has 0 amide bonds. The lowest BCUT2D eigenvalue weighted by Gasteiger charge is -2.08. The Hall–Kier alpha value is -6.07. The van der Waals surface area contributed by atoms with Crippen molar-refractivity contribution in [2.75, 3.05) is 26.4 Å². The highest BCUT2D eigenvalue weighted by atomic mass is 19.1. The Morgan fingerprint density at radius 3 is 2.43 bits per heavy atom. The third kappa shape index (κ3) is 9.77. The number of phenolic OH excluding ortho intramolecular Hbond substituents is 1. The Morgan fingerprint density at radius 1 is 0.863 bits per heavy atom. The van der Waals surface area contributed by atoms with Gasteiger partial charge in [-0.15, -0.1) is 5.10 Å². The van der Waals surface area contributed by atoms with Gasteiger partial charge in [-0.3, -0.25) is 9.59 Å². The van der Waals surface area contributed by atoms with Crippen LogP contribution < -0.4 is 14.9 Å². The number of fused-ring (bicyclic) bond motifs is 1. The first kappa shape index (κ1) is 34.8. The van der Waals surface area contributed by atoms with Crippen LogP contribution in [0.15, 0.2) is 119 Å². The Labute approximate surface area is 293 Å². The fourth-order valence-electron chi connectivity index (χ4n) is 5.24. The zero-order valence-electron chi connectivity index (χ0n) is 27.7. The average Bonchev–Trinajstić information content (AvgIpc) is 3.60. The number of nitrogens with zero attached hydrogens (tertiary/aromatic N) is 3. The van der Waals surface area contributed by atoms with Crippen molar-refractivity contribution >= 4 is 22.8 Å². The SMILES string of the molecule is O=C(/C=C/c1ccc(OCCCCc2cn(CCOCCOc3ccc(-c4cc(=O)c5cc(F)ccc5o4)cc3)nn2)cc1)c1ccccc1O. The first-order valence-corrected chi connectivity index (χ1v) is 16.6. The van der Waals surface area contributed by atoms with Gasteiger partial charge in [0, 0.05) is 17.8 Å². The Kier molecular flexibility index (Phi) is 11.6. The van der Waals surface area contributed by atoms with Crippen molar-refractivity contribution in [3.05, 3.63) is 142 Å². The summed E-state index contributed by atoms with van der Waals surface area (Å²) in [6.07, 6.45) is 7.63. The van der Waals surface area contributed by atoms with Gasteiger partial charge < -0.3 is 23.7 Å². The molecule has 2 aromatic heterocycles. The summed E-state index contributed by atoms with van der Waals surface area (Å²) in [5.41, 5.74) is 2.76. The van der Waals surface area contributed by atoms with E-state index in [0.717, 1.165) is 36.3 Å². The normalized spacial score (nSPS) is 11.3. The zero-order chi connectivity index (χ0) is 35.4. The highest BCUT2D eigenvalue weighted by Gasteiger charge is 2.09. The van der Waals surface area contributed by atoms with Gasteiger partial charge in [-0.2, -0.15) is 0 Å². The van der Waals surface area contributed by atoms with Crippen LogP contribution in [-0.2, 0) is 17.7 Å². The summed E-state index contributed by atoms with van der Waals surface area (Å²) in [6, 6.07) is 26.4. The van der Waals surface area contributed by atoms with Crippen molar-refractivity contribution in [3.8, 4) is 28.6 Å². The Bertz CT molecular complexity index is 2160. The fraction of sp³-hybridized carbons (Fsp3) is 0.200. The highest BCUT2D eigenvalue weighted by Crippen LogP contribution is 2.25. The second-order valence-electron chi connectivity index (χ2n) is 11.7. The van der Waals surface area contributed by atoms with Crippen molar-refractivity contribution in [1.82, 2.24) is 15.0 Å². The van der Waals surface area contributed by atoms with Gasteiger partial charge in [-0.05, 0) is 97.6 Å². The number of carbonyl (C=O) groups excluding carboxylic acids is 1. The highest BCUT2D eigenvalue weighted by molar-refractivity contribution is 6.08. The van der Waals surface area contributed by atoms with E-state index in [1.165, 1.54) is 36.4 Å². The van der Waals surface area contributed by atoms with E-state index in [1.807, 2.05) is 30.5 Å². The molecule has 0 fully saturated rings. The van der Waals surface area contributed by atoms with E-state index >= 15 is 0 Å². The lowest BCUT2D eigenvalue weighted by atomic mass is 10.1. The molecule has 6 aromatic rings. The number of aryl methyl sites for hydroxylation is 1. The van der Waals surface area contributed by atoms with E-state index in [0.29, 0.717) is 55.6 Å². The maximum absolute atomic E-state index is 13.5. The summed E-state index contributed by atoms with van der Waals surface area (Å²) >= 11 is 0.